The van der Waals surface area contributed by atoms with E-state index >= 15 is 0 Å². The number of aromatic nitrogens is 4. The Hall–Kier alpha value is -2.30. The number of carbonyl (C=O) groups is 1. The zero-order valence-electron chi connectivity index (χ0n) is 15.6. The summed E-state index contributed by atoms with van der Waals surface area (Å²) in [7, 11) is 7.11. The highest BCUT2D eigenvalue weighted by molar-refractivity contribution is 5.89. The quantitative estimate of drug-likeness (QED) is 0.738. The van der Waals surface area contributed by atoms with Crippen LogP contribution in [0.25, 0.3) is 0 Å². The summed E-state index contributed by atoms with van der Waals surface area (Å²) in [5.41, 5.74) is 1.73. The molecule has 10 nitrogen and oxygen atoms in total. The number of nitrogens with zero attached hydrogens (tertiary/aromatic N) is 7. The highest BCUT2D eigenvalue weighted by Crippen LogP contribution is 2.19. The van der Waals surface area contributed by atoms with Crippen molar-refractivity contribution in [3.05, 3.63) is 29.2 Å². The van der Waals surface area contributed by atoms with Gasteiger partial charge in [-0.3, -0.25) is 14.4 Å². The first kappa shape index (κ1) is 18.5. The molecule has 2 aromatic heterocycles. The Morgan fingerprint density at radius 3 is 2.81 bits per heavy atom. The first-order chi connectivity index (χ1) is 12.3. The first-order valence-electron chi connectivity index (χ1n) is 8.49. The van der Waals surface area contributed by atoms with Gasteiger partial charge in [-0.05, 0) is 20.2 Å². The van der Waals surface area contributed by atoms with Gasteiger partial charge in [0.2, 0.25) is 0 Å². The van der Waals surface area contributed by atoms with Crippen molar-refractivity contribution in [3.63, 3.8) is 0 Å². The molecular weight excluding hydrogens is 338 g/mol. The van der Waals surface area contributed by atoms with Gasteiger partial charge in [0.15, 0.2) is 5.82 Å². The Bertz CT molecular complexity index is 768. The summed E-state index contributed by atoms with van der Waals surface area (Å²) in [6, 6.07) is 1.94. The van der Waals surface area contributed by atoms with Crippen LogP contribution >= 0.6 is 0 Å². The van der Waals surface area contributed by atoms with Crippen LogP contribution in [0.5, 0.6) is 0 Å². The van der Waals surface area contributed by atoms with Gasteiger partial charge in [-0.2, -0.15) is 10.1 Å². The van der Waals surface area contributed by atoms with Crippen molar-refractivity contribution in [2.45, 2.75) is 25.7 Å². The fourth-order valence-electron chi connectivity index (χ4n) is 2.88. The molecule has 1 atom stereocenters. The van der Waals surface area contributed by atoms with Gasteiger partial charge < -0.3 is 19.4 Å². The molecule has 1 aliphatic rings. The third-order valence-corrected chi connectivity index (χ3v) is 4.20. The van der Waals surface area contributed by atoms with E-state index in [2.05, 4.69) is 20.1 Å². The number of hydrogen-bond donors (Lipinski definition) is 1. The molecule has 142 valence electrons. The third kappa shape index (κ3) is 4.09. The fourth-order valence-corrected chi connectivity index (χ4v) is 2.88. The SMILES string of the molecule is CN(C)CC(O)c1cc2n(n1)CCN(Cc1noc(C(=O)N(C)C)n1)C2. The summed E-state index contributed by atoms with van der Waals surface area (Å²) in [5, 5.41) is 18.6. The van der Waals surface area contributed by atoms with E-state index in [0.29, 0.717) is 31.2 Å². The van der Waals surface area contributed by atoms with Crippen molar-refractivity contribution in [3.8, 4) is 0 Å². The van der Waals surface area contributed by atoms with Gasteiger partial charge in [-0.1, -0.05) is 5.16 Å². The van der Waals surface area contributed by atoms with Crippen LogP contribution in [-0.4, -0.2) is 86.9 Å². The number of rotatable bonds is 6. The third-order valence-electron chi connectivity index (χ3n) is 4.20. The molecule has 0 saturated heterocycles. The number of aliphatic hydroxyl groups is 1. The smallest absolute Gasteiger partial charge is 0.316 e. The molecule has 0 radical (unpaired) electrons. The highest BCUT2D eigenvalue weighted by atomic mass is 16.5. The van der Waals surface area contributed by atoms with Gasteiger partial charge in [-0.25, -0.2) is 0 Å². The summed E-state index contributed by atoms with van der Waals surface area (Å²) in [5.74, 6) is 0.178. The average molecular weight is 363 g/mol. The maximum absolute atomic E-state index is 11.8. The van der Waals surface area contributed by atoms with Crippen LogP contribution in [0.15, 0.2) is 10.6 Å². The van der Waals surface area contributed by atoms with E-state index in [1.165, 1.54) is 4.90 Å². The summed E-state index contributed by atoms with van der Waals surface area (Å²) in [6.45, 7) is 3.21. The second-order valence-electron chi connectivity index (χ2n) is 6.99. The minimum Gasteiger partial charge on any atom is -0.385 e. The van der Waals surface area contributed by atoms with E-state index in [9.17, 15) is 9.90 Å². The molecule has 0 aliphatic carbocycles. The van der Waals surface area contributed by atoms with Crippen LogP contribution in [0.2, 0.25) is 0 Å². The van der Waals surface area contributed by atoms with Crippen LogP contribution < -0.4 is 0 Å². The normalized spacial score (nSPS) is 15.9. The molecule has 0 spiro atoms. The maximum atomic E-state index is 11.8. The Morgan fingerprint density at radius 1 is 1.35 bits per heavy atom. The number of carbonyl (C=O) groups excluding carboxylic acids is 1. The molecule has 3 rings (SSSR count). The van der Waals surface area contributed by atoms with Gasteiger partial charge in [-0.15, -0.1) is 0 Å². The van der Waals surface area contributed by atoms with Crippen molar-refractivity contribution in [2.75, 3.05) is 41.3 Å². The van der Waals surface area contributed by atoms with E-state index in [-0.39, 0.29) is 11.8 Å². The van der Waals surface area contributed by atoms with E-state index in [1.54, 1.807) is 14.1 Å². The van der Waals surface area contributed by atoms with Gasteiger partial charge in [0, 0.05) is 33.7 Å². The van der Waals surface area contributed by atoms with E-state index < -0.39 is 6.10 Å². The zero-order valence-corrected chi connectivity index (χ0v) is 15.6. The Labute approximate surface area is 152 Å². The van der Waals surface area contributed by atoms with Crippen LogP contribution in [0.4, 0.5) is 0 Å². The number of fused-ring (bicyclic) bond motifs is 1. The number of aliphatic hydroxyl groups excluding tert-OH is 1. The molecule has 0 bridgehead atoms. The Kier molecular flexibility index (Phi) is 5.35. The van der Waals surface area contributed by atoms with Gasteiger partial charge in [0.25, 0.3) is 0 Å². The van der Waals surface area contributed by atoms with Crippen LogP contribution in [0.1, 0.15) is 34.0 Å². The Morgan fingerprint density at radius 2 is 2.12 bits per heavy atom. The van der Waals surface area contributed by atoms with Crippen molar-refractivity contribution < 1.29 is 14.4 Å². The predicted molar refractivity (Wildman–Crippen MR) is 92.2 cm³/mol. The molecule has 3 heterocycles. The van der Waals surface area contributed by atoms with E-state index in [1.807, 2.05) is 29.7 Å². The lowest BCUT2D eigenvalue weighted by Crippen LogP contribution is -2.33. The molecule has 0 aromatic carbocycles. The van der Waals surface area contributed by atoms with E-state index in [4.69, 9.17) is 4.52 Å². The lowest BCUT2D eigenvalue weighted by atomic mass is 10.2. The molecule has 1 N–H and O–H groups in total. The second kappa shape index (κ2) is 7.52. The summed E-state index contributed by atoms with van der Waals surface area (Å²) in [4.78, 5) is 21.5. The summed E-state index contributed by atoms with van der Waals surface area (Å²) in [6.07, 6.45) is -0.603. The molecule has 0 fully saturated rings. The Balaban J connectivity index is 1.64. The van der Waals surface area contributed by atoms with Gasteiger partial charge >= 0.3 is 11.8 Å². The number of amides is 1. The predicted octanol–water partition coefficient (Wildman–Crippen LogP) is -0.421. The summed E-state index contributed by atoms with van der Waals surface area (Å²) >= 11 is 0. The lowest BCUT2D eigenvalue weighted by molar-refractivity contribution is 0.0779. The molecule has 2 aromatic rings. The molecular formula is C16H25N7O3. The molecule has 0 saturated carbocycles. The number of hydrogen-bond acceptors (Lipinski definition) is 8. The highest BCUT2D eigenvalue weighted by Gasteiger charge is 2.23. The minimum absolute atomic E-state index is 0.00106. The molecule has 1 unspecified atom stereocenters. The summed E-state index contributed by atoms with van der Waals surface area (Å²) < 4.78 is 6.97. The van der Waals surface area contributed by atoms with Crippen molar-refractivity contribution in [1.82, 2.24) is 34.6 Å². The molecule has 1 aliphatic heterocycles. The van der Waals surface area contributed by atoms with Crippen molar-refractivity contribution in [2.24, 2.45) is 0 Å². The largest absolute Gasteiger partial charge is 0.385 e. The number of likely N-dealkylation sites (N-methyl/N-ethyl adjacent to an activating group) is 1. The van der Waals surface area contributed by atoms with Crippen LogP contribution in [0.3, 0.4) is 0 Å². The first-order valence-corrected chi connectivity index (χ1v) is 8.49. The van der Waals surface area contributed by atoms with Gasteiger partial charge in [0.1, 0.15) is 6.10 Å². The van der Waals surface area contributed by atoms with Gasteiger partial charge in [0.05, 0.1) is 24.5 Å². The topological polar surface area (TPSA) is 104 Å². The maximum Gasteiger partial charge on any atom is 0.316 e. The van der Waals surface area contributed by atoms with E-state index in [0.717, 1.165) is 18.8 Å². The fraction of sp³-hybridized carbons (Fsp3) is 0.625. The van der Waals surface area contributed by atoms with Crippen molar-refractivity contribution >= 4 is 5.91 Å². The average Bonchev–Trinajstić information content (AvgIpc) is 3.19. The van der Waals surface area contributed by atoms with Crippen LogP contribution in [0, 0.1) is 0 Å². The van der Waals surface area contributed by atoms with Crippen LogP contribution in [-0.2, 0) is 19.6 Å². The standard InChI is InChI=1S/C16H25N7O3/c1-20(2)9-13(24)12-7-11-8-22(5-6-23(11)18-12)10-14-17-15(26-19-14)16(25)21(3)4/h7,13,24H,5-6,8-10H2,1-4H3. The minimum atomic E-state index is -0.603. The molecule has 1 amide bonds. The van der Waals surface area contributed by atoms with Crippen molar-refractivity contribution in [1.29, 1.82) is 0 Å². The zero-order chi connectivity index (χ0) is 18.8. The molecule has 26 heavy (non-hydrogen) atoms. The monoisotopic (exact) mass is 363 g/mol. The lowest BCUT2D eigenvalue weighted by Gasteiger charge is -2.26. The second-order valence-corrected chi connectivity index (χ2v) is 6.99. The molecule has 10 heteroatoms.